The van der Waals surface area contributed by atoms with Gasteiger partial charge in [0.1, 0.15) is 5.82 Å². The Bertz CT molecular complexity index is 355. The minimum Gasteiger partial charge on any atom is -0.378 e. The molecule has 1 aromatic rings. The number of rotatable bonds is 2. The van der Waals surface area contributed by atoms with Crippen LogP contribution in [0.5, 0.6) is 0 Å². The van der Waals surface area contributed by atoms with E-state index in [9.17, 15) is 0 Å². The molecule has 6 nitrogen and oxygen atoms in total. The maximum atomic E-state index is 5.36. The van der Waals surface area contributed by atoms with Gasteiger partial charge in [0.15, 0.2) is 0 Å². The van der Waals surface area contributed by atoms with Gasteiger partial charge in [-0.3, -0.25) is 0 Å². The fourth-order valence-electron chi connectivity index (χ4n) is 2.32. The standard InChI is InChI=1S/C12H19N5O/c1-2-14-12(17-5-3-13-4-6-17)15-11(1)16-7-9-18-10-8-16/h1-2,13H,3-10H2. The van der Waals surface area contributed by atoms with Crippen LogP contribution < -0.4 is 15.1 Å². The third-order valence-electron chi connectivity index (χ3n) is 3.36. The lowest BCUT2D eigenvalue weighted by Crippen LogP contribution is -2.44. The zero-order valence-corrected chi connectivity index (χ0v) is 10.5. The van der Waals surface area contributed by atoms with Gasteiger partial charge in [-0.25, -0.2) is 4.98 Å². The van der Waals surface area contributed by atoms with Crippen LogP contribution in [-0.2, 0) is 4.74 Å². The molecule has 6 heteroatoms. The topological polar surface area (TPSA) is 53.5 Å². The third-order valence-corrected chi connectivity index (χ3v) is 3.36. The van der Waals surface area contributed by atoms with Crippen molar-refractivity contribution in [3.8, 4) is 0 Å². The average molecular weight is 249 g/mol. The lowest BCUT2D eigenvalue weighted by molar-refractivity contribution is 0.122. The second-order valence-electron chi connectivity index (χ2n) is 4.55. The minimum absolute atomic E-state index is 0.785. The fourth-order valence-corrected chi connectivity index (χ4v) is 2.32. The van der Waals surface area contributed by atoms with E-state index in [0.717, 1.165) is 64.2 Å². The molecule has 0 unspecified atom stereocenters. The van der Waals surface area contributed by atoms with Crippen molar-refractivity contribution in [3.63, 3.8) is 0 Å². The molecule has 0 aromatic carbocycles. The van der Waals surface area contributed by atoms with Crippen molar-refractivity contribution in [1.82, 2.24) is 15.3 Å². The van der Waals surface area contributed by atoms with Gasteiger partial charge < -0.3 is 19.9 Å². The summed E-state index contributed by atoms with van der Waals surface area (Å²) in [5.41, 5.74) is 0. The van der Waals surface area contributed by atoms with E-state index in [1.807, 2.05) is 12.3 Å². The Labute approximate surface area is 107 Å². The molecule has 18 heavy (non-hydrogen) atoms. The summed E-state index contributed by atoms with van der Waals surface area (Å²) < 4.78 is 5.36. The molecule has 3 rings (SSSR count). The van der Waals surface area contributed by atoms with Crippen molar-refractivity contribution in [2.24, 2.45) is 0 Å². The number of hydrogen-bond donors (Lipinski definition) is 1. The Hall–Kier alpha value is -1.40. The van der Waals surface area contributed by atoms with Crippen LogP contribution in [-0.4, -0.2) is 62.5 Å². The monoisotopic (exact) mass is 249 g/mol. The highest BCUT2D eigenvalue weighted by molar-refractivity contribution is 5.44. The Morgan fingerprint density at radius 1 is 1.06 bits per heavy atom. The van der Waals surface area contributed by atoms with E-state index in [0.29, 0.717) is 0 Å². The van der Waals surface area contributed by atoms with Crippen LogP contribution >= 0.6 is 0 Å². The first kappa shape index (κ1) is 11.7. The number of nitrogens with one attached hydrogen (secondary N) is 1. The highest BCUT2D eigenvalue weighted by Gasteiger charge is 2.16. The molecule has 0 bridgehead atoms. The maximum absolute atomic E-state index is 5.36. The van der Waals surface area contributed by atoms with Gasteiger partial charge in [-0.05, 0) is 6.07 Å². The van der Waals surface area contributed by atoms with Crippen molar-refractivity contribution in [2.75, 3.05) is 62.3 Å². The van der Waals surface area contributed by atoms with E-state index in [1.54, 1.807) is 0 Å². The fraction of sp³-hybridized carbons (Fsp3) is 0.667. The molecule has 0 aliphatic carbocycles. The predicted octanol–water partition coefficient (Wildman–Crippen LogP) is -0.277. The maximum Gasteiger partial charge on any atom is 0.227 e. The number of piperazine rings is 1. The molecule has 1 N–H and O–H groups in total. The molecule has 3 heterocycles. The van der Waals surface area contributed by atoms with Crippen molar-refractivity contribution in [1.29, 1.82) is 0 Å². The Morgan fingerprint density at radius 3 is 2.61 bits per heavy atom. The zero-order chi connectivity index (χ0) is 12.2. The summed E-state index contributed by atoms with van der Waals surface area (Å²) in [4.78, 5) is 13.6. The van der Waals surface area contributed by atoms with E-state index < -0.39 is 0 Å². The van der Waals surface area contributed by atoms with Crippen LogP contribution in [0.1, 0.15) is 0 Å². The lowest BCUT2D eigenvalue weighted by Gasteiger charge is -2.30. The molecular weight excluding hydrogens is 230 g/mol. The molecule has 2 aliphatic rings. The first-order chi connectivity index (χ1) is 8.93. The van der Waals surface area contributed by atoms with Gasteiger partial charge in [0.25, 0.3) is 0 Å². The average Bonchev–Trinajstić information content (AvgIpc) is 2.49. The molecule has 2 saturated heterocycles. The van der Waals surface area contributed by atoms with Crippen LogP contribution in [0.2, 0.25) is 0 Å². The smallest absolute Gasteiger partial charge is 0.227 e. The van der Waals surface area contributed by atoms with Gasteiger partial charge in [0.05, 0.1) is 13.2 Å². The third kappa shape index (κ3) is 2.54. The van der Waals surface area contributed by atoms with Crippen molar-refractivity contribution < 1.29 is 4.74 Å². The van der Waals surface area contributed by atoms with Crippen molar-refractivity contribution >= 4 is 11.8 Å². The Kier molecular flexibility index (Phi) is 3.56. The van der Waals surface area contributed by atoms with Gasteiger partial charge >= 0.3 is 0 Å². The molecule has 0 atom stereocenters. The highest BCUT2D eigenvalue weighted by atomic mass is 16.5. The lowest BCUT2D eigenvalue weighted by atomic mass is 10.4. The number of anilines is 2. The van der Waals surface area contributed by atoms with E-state index in [4.69, 9.17) is 4.74 Å². The van der Waals surface area contributed by atoms with Crippen LogP contribution in [0.3, 0.4) is 0 Å². The molecule has 0 amide bonds. The van der Waals surface area contributed by atoms with Crippen LogP contribution in [0.4, 0.5) is 11.8 Å². The first-order valence-electron chi connectivity index (χ1n) is 6.55. The summed E-state index contributed by atoms with van der Waals surface area (Å²) in [6.07, 6.45) is 1.86. The Balaban J connectivity index is 1.75. The zero-order valence-electron chi connectivity index (χ0n) is 10.5. The predicted molar refractivity (Wildman–Crippen MR) is 70.1 cm³/mol. The molecular formula is C12H19N5O. The normalized spacial score (nSPS) is 21.1. The van der Waals surface area contributed by atoms with Gasteiger partial charge in [0, 0.05) is 45.5 Å². The summed E-state index contributed by atoms with van der Waals surface area (Å²) >= 11 is 0. The number of nitrogens with zero attached hydrogens (tertiary/aromatic N) is 4. The van der Waals surface area contributed by atoms with E-state index >= 15 is 0 Å². The molecule has 2 fully saturated rings. The molecule has 0 radical (unpaired) electrons. The SMILES string of the molecule is c1cc(N2CCOCC2)nc(N2CCNCC2)n1. The van der Waals surface area contributed by atoms with Crippen molar-refractivity contribution in [3.05, 3.63) is 12.3 Å². The summed E-state index contributed by atoms with van der Waals surface area (Å²) in [5.74, 6) is 1.86. The summed E-state index contributed by atoms with van der Waals surface area (Å²) in [6, 6.07) is 1.98. The van der Waals surface area contributed by atoms with E-state index in [-0.39, 0.29) is 0 Å². The number of morpholine rings is 1. The Morgan fingerprint density at radius 2 is 1.83 bits per heavy atom. The molecule has 0 spiro atoms. The van der Waals surface area contributed by atoms with Crippen LogP contribution in [0, 0.1) is 0 Å². The number of ether oxygens (including phenoxy) is 1. The molecule has 2 aliphatic heterocycles. The number of hydrogen-bond acceptors (Lipinski definition) is 6. The van der Waals surface area contributed by atoms with Crippen LogP contribution in [0.15, 0.2) is 12.3 Å². The number of aromatic nitrogens is 2. The van der Waals surface area contributed by atoms with Crippen molar-refractivity contribution in [2.45, 2.75) is 0 Å². The van der Waals surface area contributed by atoms with E-state index in [2.05, 4.69) is 25.1 Å². The summed E-state index contributed by atoms with van der Waals surface area (Å²) in [7, 11) is 0. The summed E-state index contributed by atoms with van der Waals surface area (Å²) in [5, 5.41) is 3.34. The second kappa shape index (κ2) is 5.49. The van der Waals surface area contributed by atoms with Gasteiger partial charge in [-0.15, -0.1) is 0 Å². The van der Waals surface area contributed by atoms with Crippen LogP contribution in [0.25, 0.3) is 0 Å². The van der Waals surface area contributed by atoms with Gasteiger partial charge in [-0.1, -0.05) is 0 Å². The van der Waals surface area contributed by atoms with Gasteiger partial charge in [-0.2, -0.15) is 4.98 Å². The summed E-state index contributed by atoms with van der Waals surface area (Å²) in [6.45, 7) is 7.37. The quantitative estimate of drug-likeness (QED) is 0.778. The van der Waals surface area contributed by atoms with E-state index in [1.165, 1.54) is 0 Å². The second-order valence-corrected chi connectivity index (χ2v) is 4.55. The molecule has 0 saturated carbocycles. The molecule has 98 valence electrons. The van der Waals surface area contributed by atoms with Gasteiger partial charge in [0.2, 0.25) is 5.95 Å². The first-order valence-corrected chi connectivity index (χ1v) is 6.55. The minimum atomic E-state index is 0.785. The highest BCUT2D eigenvalue weighted by Crippen LogP contribution is 2.16. The molecule has 1 aromatic heterocycles. The largest absolute Gasteiger partial charge is 0.378 e.